The highest BCUT2D eigenvalue weighted by Gasteiger charge is 2.23. The zero-order valence-electron chi connectivity index (χ0n) is 22.6. The van der Waals surface area contributed by atoms with Gasteiger partial charge in [-0.25, -0.2) is 4.79 Å². The number of oxime groups is 1. The van der Waals surface area contributed by atoms with Gasteiger partial charge in [0.1, 0.15) is 35.5 Å². The van der Waals surface area contributed by atoms with Crippen LogP contribution in [0, 0.1) is 0 Å². The molecule has 0 aliphatic carbocycles. The zero-order chi connectivity index (χ0) is 28.2. The summed E-state index contributed by atoms with van der Waals surface area (Å²) in [4.78, 5) is 32.7. The van der Waals surface area contributed by atoms with E-state index in [4.69, 9.17) is 19.0 Å². The fourth-order valence-corrected chi connectivity index (χ4v) is 4.28. The van der Waals surface area contributed by atoms with Gasteiger partial charge in [0.15, 0.2) is 6.61 Å². The summed E-state index contributed by atoms with van der Waals surface area (Å²) < 4.78 is 16.5. The number of esters is 1. The van der Waals surface area contributed by atoms with Crippen LogP contribution in [0.2, 0.25) is 0 Å². The largest absolute Gasteiger partial charge is 0.508 e. The average Bonchev–Trinajstić information content (AvgIpc) is 2.90. The lowest BCUT2D eigenvalue weighted by molar-refractivity contribution is -0.137. The molecule has 1 saturated heterocycles. The minimum absolute atomic E-state index is 0.0248. The summed E-state index contributed by atoms with van der Waals surface area (Å²) in [6.07, 6.45) is 10.5. The molecule has 1 amide bonds. The SMILES string of the molecule is C=C(CO[C@@H]1/C=C/C[C@@H](C)OC(=O)c2c(O)cc(O)cc2CC(=N/OCC(=O)N2CCCCC2)/C=C/C1)OC. The van der Waals surface area contributed by atoms with Crippen molar-refractivity contribution in [2.45, 2.75) is 57.7 Å². The smallest absolute Gasteiger partial charge is 0.342 e. The predicted octanol–water partition coefficient (Wildman–Crippen LogP) is 4.02. The van der Waals surface area contributed by atoms with Gasteiger partial charge in [0.25, 0.3) is 5.91 Å². The van der Waals surface area contributed by atoms with Crippen molar-refractivity contribution in [3.8, 4) is 11.5 Å². The van der Waals surface area contributed by atoms with Crippen LogP contribution in [0.25, 0.3) is 0 Å². The van der Waals surface area contributed by atoms with Crippen molar-refractivity contribution in [1.29, 1.82) is 0 Å². The number of phenolic OH excluding ortho intramolecular Hbond substituents is 2. The van der Waals surface area contributed by atoms with Gasteiger partial charge in [0, 0.05) is 32.0 Å². The number of rotatable bonds is 7. The summed E-state index contributed by atoms with van der Waals surface area (Å²) in [6, 6.07) is 2.46. The van der Waals surface area contributed by atoms with Crippen LogP contribution in [0.3, 0.4) is 0 Å². The molecule has 0 saturated carbocycles. The molecule has 0 spiro atoms. The van der Waals surface area contributed by atoms with E-state index in [0.29, 0.717) is 43.0 Å². The van der Waals surface area contributed by atoms with E-state index in [0.717, 1.165) is 25.3 Å². The van der Waals surface area contributed by atoms with Crippen LogP contribution in [-0.4, -0.2) is 78.3 Å². The number of likely N-dealkylation sites (tertiary alicyclic amines) is 1. The molecule has 10 heteroatoms. The van der Waals surface area contributed by atoms with E-state index >= 15 is 0 Å². The molecule has 1 aromatic carbocycles. The second-order valence-electron chi connectivity index (χ2n) is 9.58. The number of benzene rings is 1. The number of hydrogen-bond acceptors (Lipinski definition) is 9. The minimum Gasteiger partial charge on any atom is -0.508 e. The molecule has 0 radical (unpaired) electrons. The average molecular weight is 543 g/mol. The van der Waals surface area contributed by atoms with Crippen molar-refractivity contribution in [3.05, 3.63) is 59.9 Å². The maximum Gasteiger partial charge on any atom is 0.342 e. The molecule has 0 unspecified atom stereocenters. The molecule has 2 atom stereocenters. The van der Waals surface area contributed by atoms with Crippen molar-refractivity contribution in [2.24, 2.45) is 5.16 Å². The Bertz CT molecular complexity index is 1100. The molecular weight excluding hydrogens is 504 g/mol. The van der Waals surface area contributed by atoms with Crippen LogP contribution in [-0.2, 0) is 30.3 Å². The fraction of sp³-hybridized carbons (Fsp3) is 0.483. The molecule has 3 rings (SSSR count). The zero-order valence-corrected chi connectivity index (χ0v) is 22.6. The number of phenols is 2. The van der Waals surface area contributed by atoms with Gasteiger partial charge in [-0.05, 0) is 50.3 Å². The Kier molecular flexibility index (Phi) is 11.4. The van der Waals surface area contributed by atoms with Crippen molar-refractivity contribution in [1.82, 2.24) is 4.90 Å². The lowest BCUT2D eigenvalue weighted by Crippen LogP contribution is -2.37. The first-order chi connectivity index (χ1) is 18.8. The minimum atomic E-state index is -0.728. The van der Waals surface area contributed by atoms with Gasteiger partial charge in [-0.2, -0.15) is 0 Å². The van der Waals surface area contributed by atoms with Crippen molar-refractivity contribution >= 4 is 17.6 Å². The molecule has 212 valence electrons. The Balaban J connectivity index is 1.87. The number of aromatic hydroxyl groups is 2. The van der Waals surface area contributed by atoms with Gasteiger partial charge in [-0.15, -0.1) is 0 Å². The summed E-state index contributed by atoms with van der Waals surface area (Å²) in [7, 11) is 1.52. The normalized spacial score (nSPS) is 23.2. The van der Waals surface area contributed by atoms with Gasteiger partial charge in [0.2, 0.25) is 0 Å². The predicted molar refractivity (Wildman–Crippen MR) is 146 cm³/mol. The molecule has 1 fully saturated rings. The number of cyclic esters (lactones) is 1. The third-order valence-electron chi connectivity index (χ3n) is 6.39. The van der Waals surface area contributed by atoms with Crippen LogP contribution in [0.5, 0.6) is 11.5 Å². The Morgan fingerprint density at radius 3 is 2.67 bits per heavy atom. The first-order valence-corrected chi connectivity index (χ1v) is 13.2. The standard InChI is InChI=1S/C29H38N2O8/c1-20-9-7-11-25(37-18-21(2)36-3)12-8-10-23(30-38-19-27(34)31-13-5-4-6-14-31)15-22-16-24(32)17-26(33)28(22)29(35)39-20/h7-8,10-11,16-17,20,25,32-33H,2,4-6,9,12-15,18-19H2,1,3H3/b10-8+,11-7+,30-23+/t20-,25-/m1/s1. The number of fused-ring (bicyclic) bond motifs is 1. The number of hydrogen-bond donors (Lipinski definition) is 2. The van der Waals surface area contributed by atoms with Crippen molar-refractivity contribution in [2.75, 3.05) is 33.4 Å². The van der Waals surface area contributed by atoms with E-state index in [-0.39, 0.29) is 43.0 Å². The second kappa shape index (κ2) is 15.0. The van der Waals surface area contributed by atoms with Gasteiger partial charge in [-0.1, -0.05) is 30.0 Å². The summed E-state index contributed by atoms with van der Waals surface area (Å²) in [5.41, 5.74) is 0.607. The molecule has 0 aromatic heterocycles. The van der Waals surface area contributed by atoms with Crippen LogP contribution in [0.1, 0.15) is 54.9 Å². The molecular formula is C29H38N2O8. The van der Waals surface area contributed by atoms with Crippen LogP contribution < -0.4 is 0 Å². The first-order valence-electron chi connectivity index (χ1n) is 13.2. The Morgan fingerprint density at radius 1 is 1.15 bits per heavy atom. The number of ether oxygens (including phenoxy) is 3. The highest BCUT2D eigenvalue weighted by atomic mass is 16.6. The third-order valence-corrected chi connectivity index (χ3v) is 6.39. The Hall–Kier alpha value is -3.79. The number of allylic oxidation sites excluding steroid dienone is 1. The first kappa shape index (κ1) is 29.8. The third kappa shape index (κ3) is 9.47. The number of nitrogens with zero attached hydrogens (tertiary/aromatic N) is 2. The summed E-state index contributed by atoms with van der Waals surface area (Å²) >= 11 is 0. The quantitative estimate of drug-likeness (QED) is 0.229. The topological polar surface area (TPSA) is 127 Å². The van der Waals surface area contributed by atoms with Gasteiger partial charge in [-0.3, -0.25) is 4.79 Å². The molecule has 2 aliphatic rings. The van der Waals surface area contributed by atoms with E-state index in [1.54, 1.807) is 17.9 Å². The fourth-order valence-electron chi connectivity index (χ4n) is 4.28. The van der Waals surface area contributed by atoms with Crippen LogP contribution in [0.4, 0.5) is 0 Å². The number of carbonyl (C=O) groups is 2. The molecule has 0 bridgehead atoms. The van der Waals surface area contributed by atoms with E-state index in [1.807, 2.05) is 18.2 Å². The summed E-state index contributed by atoms with van der Waals surface area (Å²) in [5, 5.41) is 24.8. The van der Waals surface area contributed by atoms with E-state index in [9.17, 15) is 19.8 Å². The van der Waals surface area contributed by atoms with Crippen molar-refractivity contribution < 1.29 is 38.9 Å². The summed E-state index contributed by atoms with van der Waals surface area (Å²) in [5.74, 6) is -1.00. The Labute approximate surface area is 229 Å². The lowest BCUT2D eigenvalue weighted by Gasteiger charge is -2.26. The summed E-state index contributed by atoms with van der Waals surface area (Å²) in [6.45, 7) is 6.92. The number of amides is 1. The number of methoxy groups -OCH3 is 1. The van der Waals surface area contributed by atoms with Gasteiger partial charge >= 0.3 is 5.97 Å². The number of carbonyl (C=O) groups excluding carboxylic acids is 2. The highest BCUT2D eigenvalue weighted by Crippen LogP contribution is 2.29. The monoisotopic (exact) mass is 542 g/mol. The molecule has 2 heterocycles. The van der Waals surface area contributed by atoms with Crippen molar-refractivity contribution in [3.63, 3.8) is 0 Å². The molecule has 10 nitrogen and oxygen atoms in total. The van der Waals surface area contributed by atoms with E-state index in [1.165, 1.54) is 13.2 Å². The molecule has 2 aliphatic heterocycles. The lowest BCUT2D eigenvalue weighted by atomic mass is 9.99. The van der Waals surface area contributed by atoms with Gasteiger partial charge < -0.3 is 34.2 Å². The molecule has 39 heavy (non-hydrogen) atoms. The van der Waals surface area contributed by atoms with Gasteiger partial charge in [0.05, 0.1) is 18.9 Å². The molecule has 1 aromatic rings. The van der Waals surface area contributed by atoms with Crippen LogP contribution >= 0.6 is 0 Å². The maximum atomic E-state index is 13.0. The maximum absolute atomic E-state index is 13.0. The van der Waals surface area contributed by atoms with E-state index in [2.05, 4.69) is 11.7 Å². The van der Waals surface area contributed by atoms with E-state index < -0.39 is 17.8 Å². The highest BCUT2D eigenvalue weighted by molar-refractivity contribution is 6.00. The Morgan fingerprint density at radius 2 is 1.92 bits per heavy atom. The number of piperidine rings is 1. The van der Waals surface area contributed by atoms with Crippen LogP contribution in [0.15, 0.2) is 53.9 Å². The second-order valence-corrected chi connectivity index (χ2v) is 9.58. The molecule has 2 N–H and O–H groups in total.